The van der Waals surface area contributed by atoms with Crippen LogP contribution in [0.1, 0.15) is 0 Å². The second-order valence-corrected chi connectivity index (χ2v) is 3.77. The minimum atomic E-state index is -3.60. The lowest BCUT2D eigenvalue weighted by molar-refractivity contribution is 0.0873. The lowest BCUT2D eigenvalue weighted by atomic mass is 10.4. The van der Waals surface area contributed by atoms with Crippen LogP contribution in [0.4, 0.5) is 4.39 Å². The van der Waals surface area contributed by atoms with Crippen molar-refractivity contribution in [3.8, 4) is 0 Å². The van der Waals surface area contributed by atoms with Gasteiger partial charge in [-0.15, -0.1) is 0 Å². The highest BCUT2D eigenvalue weighted by Gasteiger charge is 2.24. The summed E-state index contributed by atoms with van der Waals surface area (Å²) in [6.45, 7) is -1.21. The highest BCUT2D eigenvalue weighted by Crippen LogP contribution is 2.47. The van der Waals surface area contributed by atoms with Crippen LogP contribution in [0.25, 0.3) is 0 Å². The third-order valence-electron chi connectivity index (χ3n) is 1.06. The normalized spacial score (nSPS) is 14.7. The molecule has 0 aromatic carbocycles. The Morgan fingerprint density at radius 1 is 1.50 bits per heavy atom. The molecule has 0 amide bonds. The van der Waals surface area contributed by atoms with Crippen molar-refractivity contribution in [1.82, 2.24) is 0 Å². The SMILES string of the molecule is COP(=O)(OC)OC[C@@H](F)CO. The largest absolute Gasteiger partial charge is 0.474 e. The van der Waals surface area contributed by atoms with Crippen molar-refractivity contribution < 1.29 is 27.6 Å². The molecule has 0 spiro atoms. The standard InChI is InChI=1S/C5H12FO5P/c1-9-12(8,10-2)11-4-5(6)3-7/h5,7H,3-4H2,1-2H3/t5-/m0/s1. The molecule has 12 heavy (non-hydrogen) atoms. The zero-order valence-corrected chi connectivity index (χ0v) is 7.79. The molecule has 0 aromatic heterocycles. The maximum absolute atomic E-state index is 12.3. The minimum absolute atomic E-state index is 0.518. The van der Waals surface area contributed by atoms with Gasteiger partial charge in [0.1, 0.15) is 6.17 Å². The third kappa shape index (κ3) is 4.13. The number of aliphatic hydroxyl groups excluding tert-OH is 1. The zero-order valence-electron chi connectivity index (χ0n) is 6.90. The molecular weight excluding hydrogens is 190 g/mol. The number of hydrogen-bond donors (Lipinski definition) is 1. The molecule has 0 fully saturated rings. The van der Waals surface area contributed by atoms with Crippen LogP contribution in [0, 0.1) is 0 Å². The number of aliphatic hydroxyl groups is 1. The van der Waals surface area contributed by atoms with Crippen LogP contribution < -0.4 is 0 Å². The molecule has 0 bridgehead atoms. The highest BCUT2D eigenvalue weighted by atomic mass is 31.2. The van der Waals surface area contributed by atoms with Gasteiger partial charge in [0.25, 0.3) is 0 Å². The summed E-state index contributed by atoms with van der Waals surface area (Å²) in [6, 6.07) is 0. The summed E-state index contributed by atoms with van der Waals surface area (Å²) < 4.78 is 36.5. The van der Waals surface area contributed by atoms with Crippen molar-refractivity contribution in [3.63, 3.8) is 0 Å². The van der Waals surface area contributed by atoms with Gasteiger partial charge in [-0.2, -0.15) is 0 Å². The Morgan fingerprint density at radius 2 is 2.00 bits per heavy atom. The molecule has 0 saturated carbocycles. The molecular formula is C5H12FO5P. The van der Waals surface area contributed by atoms with Crippen molar-refractivity contribution in [1.29, 1.82) is 0 Å². The van der Waals surface area contributed by atoms with Gasteiger partial charge in [0.15, 0.2) is 0 Å². The Kier molecular flexibility index (Phi) is 5.61. The van der Waals surface area contributed by atoms with Gasteiger partial charge in [-0.3, -0.25) is 13.6 Å². The monoisotopic (exact) mass is 202 g/mol. The Bertz CT molecular complexity index is 156. The predicted molar refractivity (Wildman–Crippen MR) is 39.6 cm³/mol. The van der Waals surface area contributed by atoms with E-state index in [2.05, 4.69) is 13.6 Å². The van der Waals surface area contributed by atoms with Gasteiger partial charge < -0.3 is 5.11 Å². The van der Waals surface area contributed by atoms with Gasteiger partial charge in [0.2, 0.25) is 0 Å². The van der Waals surface area contributed by atoms with E-state index in [4.69, 9.17) is 5.11 Å². The van der Waals surface area contributed by atoms with Crippen molar-refractivity contribution in [3.05, 3.63) is 0 Å². The van der Waals surface area contributed by atoms with E-state index >= 15 is 0 Å². The van der Waals surface area contributed by atoms with Gasteiger partial charge in [-0.05, 0) is 0 Å². The second-order valence-electron chi connectivity index (χ2n) is 1.89. The van der Waals surface area contributed by atoms with Crippen molar-refractivity contribution in [2.24, 2.45) is 0 Å². The van der Waals surface area contributed by atoms with Crippen molar-refractivity contribution in [2.45, 2.75) is 6.17 Å². The lowest BCUT2D eigenvalue weighted by Gasteiger charge is -2.13. The summed E-state index contributed by atoms with van der Waals surface area (Å²) in [5, 5.41) is 8.25. The quantitative estimate of drug-likeness (QED) is 0.643. The van der Waals surface area contributed by atoms with Crippen molar-refractivity contribution in [2.75, 3.05) is 27.4 Å². The van der Waals surface area contributed by atoms with Gasteiger partial charge in [0, 0.05) is 14.2 Å². The molecule has 1 N–H and O–H groups in total. The molecule has 0 unspecified atom stereocenters. The van der Waals surface area contributed by atoms with E-state index in [9.17, 15) is 8.96 Å². The zero-order chi connectivity index (χ0) is 9.61. The molecule has 0 aliphatic heterocycles. The summed E-state index contributed by atoms with van der Waals surface area (Å²) in [6.07, 6.45) is -1.58. The average Bonchev–Trinajstić information content (AvgIpc) is 2.13. The Morgan fingerprint density at radius 3 is 2.33 bits per heavy atom. The first-order chi connectivity index (χ1) is 5.58. The van der Waals surface area contributed by atoms with E-state index in [-0.39, 0.29) is 0 Å². The Balaban J connectivity index is 3.81. The topological polar surface area (TPSA) is 65.0 Å². The fourth-order valence-corrected chi connectivity index (χ4v) is 1.11. The average molecular weight is 202 g/mol. The third-order valence-corrected chi connectivity index (χ3v) is 2.42. The minimum Gasteiger partial charge on any atom is -0.393 e. The molecule has 74 valence electrons. The van der Waals surface area contributed by atoms with E-state index < -0.39 is 27.2 Å². The summed E-state index contributed by atoms with van der Waals surface area (Å²) in [5.74, 6) is 0. The van der Waals surface area contributed by atoms with E-state index in [0.29, 0.717) is 0 Å². The Hall–Kier alpha value is -0.0000000000000000208. The number of alkyl halides is 1. The van der Waals surface area contributed by atoms with Crippen molar-refractivity contribution >= 4 is 7.82 Å². The number of phosphoric ester groups is 1. The molecule has 0 rings (SSSR count). The molecule has 0 radical (unpaired) electrons. The molecule has 0 heterocycles. The van der Waals surface area contributed by atoms with Crippen LogP contribution in [0.5, 0.6) is 0 Å². The molecule has 5 nitrogen and oxygen atoms in total. The lowest BCUT2D eigenvalue weighted by Crippen LogP contribution is -2.14. The van der Waals surface area contributed by atoms with Crippen LogP contribution >= 0.6 is 7.82 Å². The number of halogens is 1. The highest BCUT2D eigenvalue weighted by molar-refractivity contribution is 7.48. The molecule has 1 atom stereocenters. The van der Waals surface area contributed by atoms with Gasteiger partial charge >= 0.3 is 7.82 Å². The summed E-state index contributed by atoms with van der Waals surface area (Å²) >= 11 is 0. The first-order valence-corrected chi connectivity index (χ1v) is 4.65. The smallest absolute Gasteiger partial charge is 0.393 e. The van der Waals surface area contributed by atoms with Crippen LogP contribution in [0.3, 0.4) is 0 Å². The Labute approximate surface area is 70.0 Å². The first-order valence-electron chi connectivity index (χ1n) is 3.19. The fraction of sp³-hybridized carbons (Fsp3) is 1.00. The van der Waals surface area contributed by atoms with Gasteiger partial charge in [-0.1, -0.05) is 0 Å². The number of rotatable bonds is 6. The van der Waals surface area contributed by atoms with Crippen LogP contribution in [0.15, 0.2) is 0 Å². The van der Waals surface area contributed by atoms with Gasteiger partial charge in [0.05, 0.1) is 13.2 Å². The maximum atomic E-state index is 12.3. The number of hydrogen-bond acceptors (Lipinski definition) is 5. The molecule has 0 aliphatic carbocycles. The number of phosphoric acid groups is 1. The first kappa shape index (κ1) is 12.0. The molecule has 0 saturated heterocycles. The molecule has 7 heteroatoms. The maximum Gasteiger partial charge on any atom is 0.474 e. The molecule has 0 aromatic rings. The van der Waals surface area contributed by atoms with E-state index in [0.717, 1.165) is 14.2 Å². The fourth-order valence-electron chi connectivity index (χ4n) is 0.405. The summed E-state index contributed by atoms with van der Waals surface area (Å²) in [7, 11) is -1.36. The van der Waals surface area contributed by atoms with E-state index in [1.165, 1.54) is 0 Å². The van der Waals surface area contributed by atoms with E-state index in [1.54, 1.807) is 0 Å². The second kappa shape index (κ2) is 5.61. The van der Waals surface area contributed by atoms with Crippen LogP contribution in [-0.2, 0) is 18.1 Å². The summed E-state index contributed by atoms with van der Waals surface area (Å²) in [5.41, 5.74) is 0. The predicted octanol–water partition coefficient (Wildman–Crippen LogP) is 0.734. The molecule has 0 aliphatic rings. The summed E-state index contributed by atoms with van der Waals surface area (Å²) in [4.78, 5) is 0. The van der Waals surface area contributed by atoms with Crippen LogP contribution in [0.2, 0.25) is 0 Å². The van der Waals surface area contributed by atoms with Gasteiger partial charge in [-0.25, -0.2) is 8.96 Å². The van der Waals surface area contributed by atoms with Crippen LogP contribution in [-0.4, -0.2) is 38.7 Å². The van der Waals surface area contributed by atoms with E-state index in [1.807, 2.05) is 0 Å².